The van der Waals surface area contributed by atoms with E-state index in [9.17, 15) is 4.79 Å². The van der Waals surface area contributed by atoms with Crippen LogP contribution in [0, 0.1) is 18.8 Å². The average Bonchev–Trinajstić information content (AvgIpc) is 3.26. The first-order valence-electron chi connectivity index (χ1n) is 6.94. The summed E-state index contributed by atoms with van der Waals surface area (Å²) >= 11 is 0. The molecular weight excluding hydrogens is 242 g/mol. The van der Waals surface area contributed by atoms with Gasteiger partial charge in [0.1, 0.15) is 11.6 Å². The van der Waals surface area contributed by atoms with Gasteiger partial charge in [-0.2, -0.15) is 5.10 Å². The predicted octanol–water partition coefficient (Wildman–Crippen LogP) is 1.33. The highest BCUT2D eigenvalue weighted by Crippen LogP contribution is 2.45. The number of H-pyrrole nitrogens is 1. The van der Waals surface area contributed by atoms with Gasteiger partial charge >= 0.3 is 5.69 Å². The fourth-order valence-corrected chi connectivity index (χ4v) is 2.87. The highest BCUT2D eigenvalue weighted by atomic mass is 16.1. The second-order valence-corrected chi connectivity index (χ2v) is 5.76. The van der Waals surface area contributed by atoms with Crippen LogP contribution in [0.3, 0.4) is 0 Å². The summed E-state index contributed by atoms with van der Waals surface area (Å²) in [7, 11) is 0. The summed E-state index contributed by atoms with van der Waals surface area (Å²) < 4.78 is 1.49. The smallest absolute Gasteiger partial charge is 0.349 e. The lowest BCUT2D eigenvalue weighted by Gasteiger charge is -2.18. The highest BCUT2D eigenvalue weighted by molar-refractivity contribution is 5.50. The van der Waals surface area contributed by atoms with E-state index in [0.717, 1.165) is 17.7 Å². The number of nitrogens with zero attached hydrogens (tertiary/aromatic N) is 3. The fraction of sp³-hybridized carbons (Fsp3) is 0.615. The largest absolute Gasteiger partial charge is 0.367 e. The van der Waals surface area contributed by atoms with Crippen molar-refractivity contribution in [1.82, 2.24) is 19.6 Å². The van der Waals surface area contributed by atoms with Gasteiger partial charge < -0.3 is 5.32 Å². The van der Waals surface area contributed by atoms with Crippen molar-refractivity contribution in [2.75, 3.05) is 5.32 Å². The Bertz CT molecular complexity index is 668. The minimum absolute atomic E-state index is 0.229. The lowest BCUT2D eigenvalue weighted by molar-refractivity contribution is 0.565. The first-order chi connectivity index (χ1) is 9.22. The third kappa shape index (κ3) is 1.91. The van der Waals surface area contributed by atoms with Gasteiger partial charge in [-0.15, -0.1) is 0 Å². The van der Waals surface area contributed by atoms with Gasteiger partial charge in [-0.3, -0.25) is 0 Å². The number of fused-ring (bicyclic) bond motifs is 1. The Kier molecular flexibility index (Phi) is 2.22. The van der Waals surface area contributed by atoms with Crippen LogP contribution in [0.1, 0.15) is 31.5 Å². The van der Waals surface area contributed by atoms with E-state index in [1.165, 1.54) is 30.1 Å². The van der Waals surface area contributed by atoms with Crippen LogP contribution >= 0.6 is 0 Å². The first kappa shape index (κ1) is 11.0. The molecule has 2 saturated carbocycles. The molecule has 4 rings (SSSR count). The fourth-order valence-electron chi connectivity index (χ4n) is 2.87. The molecule has 0 bridgehead atoms. The molecule has 0 amide bonds. The molecule has 0 atom stereocenters. The molecule has 2 fully saturated rings. The van der Waals surface area contributed by atoms with Crippen LogP contribution in [-0.2, 0) is 0 Å². The van der Waals surface area contributed by atoms with Crippen molar-refractivity contribution in [1.29, 1.82) is 0 Å². The normalized spacial score (nSPS) is 19.3. The van der Waals surface area contributed by atoms with E-state index < -0.39 is 0 Å². The Labute approximate surface area is 110 Å². The van der Waals surface area contributed by atoms with E-state index in [1.807, 2.05) is 13.0 Å². The van der Waals surface area contributed by atoms with E-state index in [2.05, 4.69) is 20.5 Å². The van der Waals surface area contributed by atoms with Crippen LogP contribution in [0.15, 0.2) is 10.9 Å². The number of nitrogens with one attached hydrogen (secondary N) is 2. The third-order valence-electron chi connectivity index (χ3n) is 4.14. The second kappa shape index (κ2) is 3.82. The van der Waals surface area contributed by atoms with Crippen LogP contribution in [0.2, 0.25) is 0 Å². The Morgan fingerprint density at radius 1 is 1.37 bits per heavy atom. The van der Waals surface area contributed by atoms with Gasteiger partial charge in [0.2, 0.25) is 0 Å². The van der Waals surface area contributed by atoms with Crippen LogP contribution < -0.4 is 11.0 Å². The van der Waals surface area contributed by atoms with Gasteiger partial charge in [0.25, 0.3) is 0 Å². The molecule has 0 radical (unpaired) electrons. The number of aryl methyl sites for hydroxylation is 1. The summed E-state index contributed by atoms with van der Waals surface area (Å²) in [6.45, 7) is 1.83. The maximum atomic E-state index is 11.6. The molecule has 19 heavy (non-hydrogen) atoms. The molecule has 6 nitrogen and oxygen atoms in total. The summed E-state index contributed by atoms with van der Waals surface area (Å²) in [5.41, 5.74) is 0.401. The average molecular weight is 259 g/mol. The Morgan fingerprint density at radius 3 is 2.68 bits per heavy atom. The van der Waals surface area contributed by atoms with Crippen LogP contribution in [0.5, 0.6) is 0 Å². The summed E-state index contributed by atoms with van der Waals surface area (Å²) in [4.78, 5) is 16.0. The molecule has 2 aromatic rings. The van der Waals surface area contributed by atoms with Crippen LogP contribution in [0.4, 0.5) is 5.82 Å². The van der Waals surface area contributed by atoms with Crippen molar-refractivity contribution in [2.45, 2.75) is 38.6 Å². The first-order valence-corrected chi connectivity index (χ1v) is 6.94. The molecule has 0 spiro atoms. The summed E-state index contributed by atoms with van der Waals surface area (Å²) in [5.74, 6) is 3.14. The van der Waals surface area contributed by atoms with E-state index in [0.29, 0.717) is 17.5 Å². The second-order valence-electron chi connectivity index (χ2n) is 5.76. The van der Waals surface area contributed by atoms with Crippen LogP contribution in [-0.4, -0.2) is 25.6 Å². The number of rotatable bonds is 4. The molecule has 0 aliphatic heterocycles. The minimum atomic E-state index is -0.229. The lowest BCUT2D eigenvalue weighted by atomic mass is 10.1. The van der Waals surface area contributed by atoms with Gasteiger partial charge in [-0.05, 0) is 44.4 Å². The highest BCUT2D eigenvalue weighted by Gasteiger charge is 2.41. The van der Waals surface area contributed by atoms with Crippen LogP contribution in [0.25, 0.3) is 5.65 Å². The Balaban J connectivity index is 1.68. The van der Waals surface area contributed by atoms with E-state index >= 15 is 0 Å². The third-order valence-corrected chi connectivity index (χ3v) is 4.14. The Hall–Kier alpha value is -1.85. The van der Waals surface area contributed by atoms with E-state index in [-0.39, 0.29) is 5.69 Å². The molecule has 0 aromatic carbocycles. The molecule has 100 valence electrons. The maximum absolute atomic E-state index is 11.6. The molecule has 2 aliphatic rings. The predicted molar refractivity (Wildman–Crippen MR) is 71.2 cm³/mol. The van der Waals surface area contributed by atoms with Gasteiger partial charge in [-0.1, -0.05) is 0 Å². The number of hydrogen-bond acceptors (Lipinski definition) is 4. The lowest BCUT2D eigenvalue weighted by Crippen LogP contribution is -2.25. The minimum Gasteiger partial charge on any atom is -0.367 e. The quantitative estimate of drug-likeness (QED) is 0.868. The van der Waals surface area contributed by atoms with Crippen molar-refractivity contribution >= 4 is 11.5 Å². The summed E-state index contributed by atoms with van der Waals surface area (Å²) in [5, 5.41) is 10.0. The standard InChI is InChI=1S/C13H17N5O/c1-7-14-10(6-11-16-17-13(19)18(7)11)15-12(8-2-3-8)9-4-5-9/h6,8-9,12,15H,2-5H2,1H3,(H,17,19). The van der Waals surface area contributed by atoms with Gasteiger partial charge in [0.15, 0.2) is 5.65 Å². The molecule has 2 heterocycles. The number of hydrogen-bond donors (Lipinski definition) is 2. The van der Waals surface area contributed by atoms with Gasteiger partial charge in [0.05, 0.1) is 0 Å². The number of anilines is 1. The van der Waals surface area contributed by atoms with E-state index in [1.54, 1.807) is 0 Å². The maximum Gasteiger partial charge on any atom is 0.349 e. The molecule has 0 saturated heterocycles. The molecule has 6 heteroatoms. The van der Waals surface area contributed by atoms with Crippen molar-refractivity contribution in [3.05, 3.63) is 22.4 Å². The molecule has 0 unspecified atom stereocenters. The monoisotopic (exact) mass is 259 g/mol. The topological polar surface area (TPSA) is 75.1 Å². The molecule has 2 aromatic heterocycles. The SMILES string of the molecule is Cc1nc(NC(C2CC2)C2CC2)cc2n[nH]c(=O)n12. The zero-order valence-corrected chi connectivity index (χ0v) is 10.9. The van der Waals surface area contributed by atoms with Crippen molar-refractivity contribution < 1.29 is 0 Å². The Morgan fingerprint density at radius 2 is 2.05 bits per heavy atom. The molecule has 2 aliphatic carbocycles. The van der Waals surface area contributed by atoms with Crippen molar-refractivity contribution in [3.8, 4) is 0 Å². The zero-order chi connectivity index (χ0) is 13.0. The summed E-state index contributed by atoms with van der Waals surface area (Å²) in [6.07, 6.45) is 5.32. The molecule has 2 N–H and O–H groups in total. The van der Waals surface area contributed by atoms with Crippen molar-refractivity contribution in [2.24, 2.45) is 11.8 Å². The zero-order valence-electron chi connectivity index (χ0n) is 10.9. The van der Waals surface area contributed by atoms with Gasteiger partial charge in [-0.25, -0.2) is 19.3 Å². The number of aromatic nitrogens is 4. The van der Waals surface area contributed by atoms with Crippen molar-refractivity contribution in [3.63, 3.8) is 0 Å². The molecular formula is C13H17N5O. The number of aromatic amines is 1. The van der Waals surface area contributed by atoms with Gasteiger partial charge in [0, 0.05) is 12.1 Å². The summed E-state index contributed by atoms with van der Waals surface area (Å²) in [6, 6.07) is 2.41. The van der Waals surface area contributed by atoms with E-state index in [4.69, 9.17) is 0 Å².